The summed E-state index contributed by atoms with van der Waals surface area (Å²) in [7, 11) is 0. The van der Waals surface area contributed by atoms with Gasteiger partial charge in [0, 0.05) is 10.4 Å². The average Bonchev–Trinajstić information content (AvgIpc) is 2.39. The fourth-order valence-electron chi connectivity index (χ4n) is 3.14. The van der Waals surface area contributed by atoms with Gasteiger partial charge in [-0.1, -0.05) is 35.0 Å². The minimum atomic E-state index is -1.49. The predicted molar refractivity (Wildman–Crippen MR) is 79.2 cm³/mol. The van der Waals surface area contributed by atoms with E-state index in [0.717, 1.165) is 10.0 Å². The molecule has 5 heteroatoms. The Morgan fingerprint density at radius 2 is 1.95 bits per heavy atom. The van der Waals surface area contributed by atoms with Crippen molar-refractivity contribution in [3.8, 4) is 0 Å². The van der Waals surface area contributed by atoms with Crippen molar-refractivity contribution in [1.29, 1.82) is 0 Å². The Hall–Kier alpha value is -1.36. The number of nitrogens with two attached hydrogens (primary N) is 1. The van der Waals surface area contributed by atoms with Crippen LogP contribution in [0.15, 0.2) is 28.7 Å². The molecule has 0 saturated heterocycles. The maximum absolute atomic E-state index is 11.9. The van der Waals surface area contributed by atoms with Crippen LogP contribution in [0.2, 0.25) is 0 Å². The molecule has 0 radical (unpaired) electrons. The number of rotatable bonds is 3. The van der Waals surface area contributed by atoms with Crippen LogP contribution in [0, 0.1) is 11.3 Å². The van der Waals surface area contributed by atoms with E-state index in [4.69, 9.17) is 5.73 Å². The second-order valence-corrected chi connectivity index (χ2v) is 6.54. The Bertz CT molecular complexity index is 512. The van der Waals surface area contributed by atoms with Crippen LogP contribution in [0.5, 0.6) is 0 Å². The minimum absolute atomic E-state index is 0.305. The lowest BCUT2D eigenvalue weighted by Gasteiger charge is -2.41. The van der Waals surface area contributed by atoms with Gasteiger partial charge in [0.25, 0.3) is 0 Å². The molecule has 3 atom stereocenters. The zero-order valence-corrected chi connectivity index (χ0v) is 12.9. The highest BCUT2D eigenvalue weighted by Crippen LogP contribution is 2.49. The van der Waals surface area contributed by atoms with Gasteiger partial charge in [-0.2, -0.15) is 0 Å². The quantitative estimate of drug-likeness (QED) is 0.830. The summed E-state index contributed by atoms with van der Waals surface area (Å²) in [6.07, 6.45) is 1.68. The van der Waals surface area contributed by atoms with Gasteiger partial charge >= 0.3 is 5.97 Å². The van der Waals surface area contributed by atoms with Crippen molar-refractivity contribution in [3.05, 3.63) is 34.3 Å². The molecule has 0 spiro atoms. The Kier molecular flexibility index (Phi) is 4.18. The van der Waals surface area contributed by atoms with E-state index in [1.807, 2.05) is 24.3 Å². The summed E-state index contributed by atoms with van der Waals surface area (Å²) in [5.41, 5.74) is 4.85. The van der Waals surface area contributed by atoms with E-state index in [2.05, 4.69) is 22.9 Å². The van der Waals surface area contributed by atoms with Crippen LogP contribution in [0.1, 0.15) is 37.7 Å². The summed E-state index contributed by atoms with van der Waals surface area (Å²) < 4.78 is 0.921. The smallest absolute Gasteiger partial charge is 0.319 e. The summed E-state index contributed by atoms with van der Waals surface area (Å²) in [4.78, 5) is 23.7. The van der Waals surface area contributed by atoms with Crippen LogP contribution < -0.4 is 5.73 Å². The molecule has 108 valence electrons. The molecule has 1 aliphatic carbocycles. The minimum Gasteiger partial charge on any atom is -0.480 e. The predicted octanol–water partition coefficient (Wildman–Crippen LogP) is 2.91. The largest absolute Gasteiger partial charge is 0.480 e. The number of carbonyl (C=O) groups is 2. The molecular weight excluding hydrogens is 322 g/mol. The first kappa shape index (κ1) is 15.0. The maximum atomic E-state index is 11.9. The monoisotopic (exact) mass is 339 g/mol. The van der Waals surface area contributed by atoms with Crippen LogP contribution in [0.4, 0.5) is 0 Å². The second-order valence-electron chi connectivity index (χ2n) is 5.62. The SMILES string of the molecule is CC1CCC(C(N)=O)(C(=O)O)C(c2ccc(Br)cc2)C1. The Balaban J connectivity index is 2.50. The standard InChI is InChI=1S/C15H18BrNO3/c1-9-6-7-15(13(17)18,14(19)20)12(8-9)10-2-4-11(16)5-3-10/h2-5,9,12H,6-8H2,1H3,(H2,17,18)(H,19,20). The van der Waals surface area contributed by atoms with Gasteiger partial charge in [0.2, 0.25) is 5.91 Å². The summed E-state index contributed by atoms with van der Waals surface area (Å²) in [5, 5.41) is 9.62. The third-order valence-electron chi connectivity index (χ3n) is 4.36. The van der Waals surface area contributed by atoms with Crippen molar-refractivity contribution in [3.63, 3.8) is 0 Å². The number of primary amides is 1. The average molecular weight is 340 g/mol. The first-order valence-electron chi connectivity index (χ1n) is 6.66. The molecule has 20 heavy (non-hydrogen) atoms. The molecular formula is C15H18BrNO3. The van der Waals surface area contributed by atoms with E-state index >= 15 is 0 Å². The zero-order chi connectivity index (χ0) is 14.9. The number of amides is 1. The number of halogens is 1. The maximum Gasteiger partial charge on any atom is 0.319 e. The fraction of sp³-hybridized carbons (Fsp3) is 0.467. The topological polar surface area (TPSA) is 80.4 Å². The number of carbonyl (C=O) groups excluding carboxylic acids is 1. The van der Waals surface area contributed by atoms with Crippen LogP contribution >= 0.6 is 15.9 Å². The summed E-state index contributed by atoms with van der Waals surface area (Å²) in [6, 6.07) is 7.46. The van der Waals surface area contributed by atoms with Gasteiger partial charge in [-0.15, -0.1) is 0 Å². The number of carboxylic acid groups (broad SMARTS) is 1. The van der Waals surface area contributed by atoms with E-state index in [9.17, 15) is 14.7 Å². The van der Waals surface area contributed by atoms with Crippen molar-refractivity contribution in [1.82, 2.24) is 0 Å². The molecule has 4 nitrogen and oxygen atoms in total. The van der Waals surface area contributed by atoms with E-state index in [1.165, 1.54) is 0 Å². The highest BCUT2D eigenvalue weighted by Gasteiger charge is 2.54. The molecule has 1 amide bonds. The van der Waals surface area contributed by atoms with Crippen molar-refractivity contribution in [2.24, 2.45) is 17.1 Å². The number of hydrogen-bond acceptors (Lipinski definition) is 2. The molecule has 3 N–H and O–H groups in total. The van der Waals surface area contributed by atoms with Gasteiger partial charge in [-0.05, 0) is 42.9 Å². The Morgan fingerprint density at radius 1 is 1.35 bits per heavy atom. The van der Waals surface area contributed by atoms with Gasteiger partial charge in [0.15, 0.2) is 5.41 Å². The first-order chi connectivity index (χ1) is 9.37. The third-order valence-corrected chi connectivity index (χ3v) is 4.89. The highest BCUT2D eigenvalue weighted by molar-refractivity contribution is 9.10. The van der Waals surface area contributed by atoms with Gasteiger partial charge in [0.05, 0.1) is 0 Å². The highest BCUT2D eigenvalue weighted by atomic mass is 79.9. The number of benzene rings is 1. The third kappa shape index (κ3) is 2.46. The molecule has 1 saturated carbocycles. The Labute approximate surface area is 126 Å². The number of aliphatic carboxylic acids is 1. The van der Waals surface area contributed by atoms with Crippen LogP contribution in [0.25, 0.3) is 0 Å². The van der Waals surface area contributed by atoms with Crippen molar-refractivity contribution < 1.29 is 14.7 Å². The molecule has 1 fully saturated rings. The molecule has 0 bridgehead atoms. The lowest BCUT2D eigenvalue weighted by atomic mass is 9.61. The molecule has 0 aromatic heterocycles. The van der Waals surface area contributed by atoms with Crippen LogP contribution in [-0.4, -0.2) is 17.0 Å². The lowest BCUT2D eigenvalue weighted by Crippen LogP contribution is -2.50. The summed E-state index contributed by atoms with van der Waals surface area (Å²) in [5.74, 6) is -1.82. The molecule has 1 aromatic carbocycles. The molecule has 2 rings (SSSR count). The molecule has 1 aliphatic rings. The van der Waals surface area contributed by atoms with Crippen molar-refractivity contribution >= 4 is 27.8 Å². The fourth-order valence-corrected chi connectivity index (χ4v) is 3.41. The molecule has 1 aromatic rings. The van der Waals surface area contributed by atoms with E-state index in [1.54, 1.807) is 0 Å². The first-order valence-corrected chi connectivity index (χ1v) is 7.46. The van der Waals surface area contributed by atoms with Gasteiger partial charge < -0.3 is 10.8 Å². The normalized spacial score (nSPS) is 29.9. The van der Waals surface area contributed by atoms with Crippen molar-refractivity contribution in [2.45, 2.75) is 32.1 Å². The molecule has 0 heterocycles. The van der Waals surface area contributed by atoms with Gasteiger partial charge in [-0.3, -0.25) is 9.59 Å². The van der Waals surface area contributed by atoms with Gasteiger partial charge in [-0.25, -0.2) is 0 Å². The molecule has 0 aliphatic heterocycles. The number of hydrogen-bond donors (Lipinski definition) is 2. The van der Waals surface area contributed by atoms with Gasteiger partial charge in [0.1, 0.15) is 0 Å². The lowest BCUT2D eigenvalue weighted by molar-refractivity contribution is -0.159. The zero-order valence-electron chi connectivity index (χ0n) is 11.3. The van der Waals surface area contributed by atoms with E-state index in [0.29, 0.717) is 25.2 Å². The molecule has 3 unspecified atom stereocenters. The second kappa shape index (κ2) is 5.56. The summed E-state index contributed by atoms with van der Waals surface area (Å²) in [6.45, 7) is 2.08. The van der Waals surface area contributed by atoms with Crippen LogP contribution in [0.3, 0.4) is 0 Å². The number of carboxylic acids is 1. The Morgan fingerprint density at radius 3 is 2.45 bits per heavy atom. The van der Waals surface area contributed by atoms with E-state index in [-0.39, 0.29) is 5.92 Å². The van der Waals surface area contributed by atoms with Crippen LogP contribution in [-0.2, 0) is 9.59 Å². The van der Waals surface area contributed by atoms with Crippen molar-refractivity contribution in [2.75, 3.05) is 0 Å². The summed E-state index contributed by atoms with van der Waals surface area (Å²) >= 11 is 3.36. The van der Waals surface area contributed by atoms with E-state index < -0.39 is 17.3 Å².